The fourth-order valence-corrected chi connectivity index (χ4v) is 7.27. The van der Waals surface area contributed by atoms with Crippen molar-refractivity contribution in [1.82, 2.24) is 24.8 Å². The maximum Gasteiger partial charge on any atom is 0.434 e. The van der Waals surface area contributed by atoms with Gasteiger partial charge in [0.25, 0.3) is 0 Å². The molecule has 2 fully saturated rings. The standard InChI is InChI=1S/C25H29F3N8O3S/c1-14-11-35(21(37)24(5)6-7-40(24,38)39)15(2)10-34(14)19-17-20(32-13-31-19)36(12-23(17,3)4)22-30-9-16(8-29)18(33-22)25(26,27)28/h9,13-15H,6-7,10-12H2,1-5H3/t14-,15+,24-/m0/s1. The molecule has 3 aliphatic heterocycles. The molecule has 2 aromatic heterocycles. The summed E-state index contributed by atoms with van der Waals surface area (Å²) in [6.07, 6.45) is -2.35. The summed E-state index contributed by atoms with van der Waals surface area (Å²) in [6, 6.07) is 0.934. The van der Waals surface area contributed by atoms with Crippen LogP contribution >= 0.6 is 0 Å². The minimum absolute atomic E-state index is 0.00517. The first kappa shape index (κ1) is 28.0. The third-order valence-electron chi connectivity index (χ3n) is 8.21. The summed E-state index contributed by atoms with van der Waals surface area (Å²) in [6.45, 7) is 9.96. The Balaban J connectivity index is 1.49. The predicted molar refractivity (Wildman–Crippen MR) is 139 cm³/mol. The van der Waals surface area contributed by atoms with Crippen LogP contribution in [0.3, 0.4) is 0 Å². The van der Waals surface area contributed by atoms with Crippen molar-refractivity contribution in [2.75, 3.05) is 35.2 Å². The second kappa shape index (κ2) is 8.98. The van der Waals surface area contributed by atoms with E-state index in [-0.39, 0.29) is 36.9 Å². The highest BCUT2D eigenvalue weighted by Gasteiger charge is 2.57. The molecule has 0 aromatic carbocycles. The van der Waals surface area contributed by atoms with Gasteiger partial charge >= 0.3 is 6.18 Å². The molecule has 15 heteroatoms. The van der Waals surface area contributed by atoms with Crippen LogP contribution in [-0.4, -0.2) is 81.4 Å². The van der Waals surface area contributed by atoms with E-state index in [1.165, 1.54) is 24.2 Å². The SMILES string of the molecule is C[C@@H]1CN(c2ncnc3c2C(C)(C)CN3c2ncc(C#N)c(C(F)(F)F)n2)[C@@H](C)CN1C(=O)[C@]1(C)CCS1(=O)=O. The smallest absolute Gasteiger partial charge is 0.350 e. The first-order chi connectivity index (χ1) is 18.5. The van der Waals surface area contributed by atoms with Crippen molar-refractivity contribution in [3.8, 4) is 6.07 Å². The highest BCUT2D eigenvalue weighted by Crippen LogP contribution is 2.47. The number of amides is 1. The van der Waals surface area contributed by atoms with E-state index in [0.717, 1.165) is 6.20 Å². The lowest BCUT2D eigenvalue weighted by Gasteiger charge is -2.49. The lowest BCUT2D eigenvalue weighted by Crippen LogP contribution is -2.66. The lowest BCUT2D eigenvalue weighted by atomic mass is 9.87. The molecular formula is C25H29F3N8O3S. The monoisotopic (exact) mass is 578 g/mol. The van der Waals surface area contributed by atoms with Gasteiger partial charge in [-0.15, -0.1) is 0 Å². The number of alkyl halides is 3. The third kappa shape index (κ3) is 4.15. The van der Waals surface area contributed by atoms with Gasteiger partial charge in [0.2, 0.25) is 11.9 Å². The van der Waals surface area contributed by atoms with Crippen molar-refractivity contribution >= 4 is 33.3 Å². The Bertz CT molecular complexity index is 1540. The number of anilines is 3. The molecule has 1 amide bonds. The number of carbonyl (C=O) groups is 1. The van der Waals surface area contributed by atoms with Crippen LogP contribution in [0.5, 0.6) is 0 Å². The number of nitriles is 1. The molecule has 11 nitrogen and oxygen atoms in total. The van der Waals surface area contributed by atoms with Gasteiger partial charge in [0.1, 0.15) is 34.3 Å². The van der Waals surface area contributed by atoms with E-state index in [2.05, 4.69) is 19.9 Å². The Hall–Kier alpha value is -3.54. The molecule has 0 aliphatic carbocycles. The van der Waals surface area contributed by atoms with Gasteiger partial charge in [-0.05, 0) is 27.2 Å². The minimum Gasteiger partial charge on any atom is -0.350 e. The van der Waals surface area contributed by atoms with E-state index in [1.54, 1.807) is 4.90 Å². The summed E-state index contributed by atoms with van der Waals surface area (Å²) < 4.78 is 64.2. The lowest BCUT2D eigenvalue weighted by molar-refractivity contribution is -0.141. The van der Waals surface area contributed by atoms with Crippen LogP contribution in [0.2, 0.25) is 0 Å². The fourth-order valence-electron chi connectivity index (χ4n) is 5.73. The van der Waals surface area contributed by atoms with Crippen LogP contribution in [0.15, 0.2) is 12.5 Å². The average molecular weight is 579 g/mol. The molecule has 214 valence electrons. The molecule has 2 aromatic rings. The van der Waals surface area contributed by atoms with E-state index < -0.39 is 43.3 Å². The second-order valence-corrected chi connectivity index (χ2v) is 14.1. The normalized spacial score (nSPS) is 27.1. The molecule has 5 rings (SSSR count). The van der Waals surface area contributed by atoms with Crippen molar-refractivity contribution in [2.45, 2.75) is 69.5 Å². The maximum absolute atomic E-state index is 13.6. The summed E-state index contributed by atoms with van der Waals surface area (Å²) in [5.41, 5.74) is -1.91. The number of hydrogen-bond acceptors (Lipinski definition) is 10. The van der Waals surface area contributed by atoms with E-state index in [1.807, 2.05) is 32.6 Å². The van der Waals surface area contributed by atoms with E-state index in [9.17, 15) is 26.4 Å². The number of fused-ring (bicyclic) bond motifs is 1. The predicted octanol–water partition coefficient (Wildman–Crippen LogP) is 2.59. The first-order valence-corrected chi connectivity index (χ1v) is 14.4. The van der Waals surface area contributed by atoms with Crippen LogP contribution in [0.25, 0.3) is 0 Å². The highest BCUT2D eigenvalue weighted by atomic mass is 32.2. The van der Waals surface area contributed by atoms with Crippen LogP contribution in [0.4, 0.5) is 30.8 Å². The molecule has 0 bridgehead atoms. The van der Waals surface area contributed by atoms with Crippen molar-refractivity contribution in [2.24, 2.45) is 0 Å². The van der Waals surface area contributed by atoms with Crippen molar-refractivity contribution in [3.05, 3.63) is 29.3 Å². The number of sulfone groups is 1. The van der Waals surface area contributed by atoms with Gasteiger partial charge in [-0.2, -0.15) is 18.4 Å². The van der Waals surface area contributed by atoms with Crippen molar-refractivity contribution in [3.63, 3.8) is 0 Å². The van der Waals surface area contributed by atoms with Crippen LogP contribution in [0.1, 0.15) is 57.9 Å². The summed E-state index contributed by atoms with van der Waals surface area (Å²) in [4.78, 5) is 35.2. The topological polar surface area (TPSA) is 136 Å². The summed E-state index contributed by atoms with van der Waals surface area (Å²) >= 11 is 0. The molecule has 0 saturated carbocycles. The van der Waals surface area contributed by atoms with Crippen LogP contribution < -0.4 is 9.80 Å². The van der Waals surface area contributed by atoms with Gasteiger partial charge in [-0.25, -0.2) is 28.4 Å². The summed E-state index contributed by atoms with van der Waals surface area (Å²) in [5.74, 6) is 0.325. The largest absolute Gasteiger partial charge is 0.434 e. The zero-order chi connectivity index (χ0) is 29.4. The number of hydrogen-bond donors (Lipinski definition) is 0. The quantitative estimate of drug-likeness (QED) is 0.535. The third-order valence-corrected chi connectivity index (χ3v) is 10.7. The zero-order valence-electron chi connectivity index (χ0n) is 22.7. The molecule has 5 heterocycles. The number of halogens is 3. The van der Waals surface area contributed by atoms with Gasteiger partial charge in [0, 0.05) is 42.7 Å². The van der Waals surface area contributed by atoms with Gasteiger partial charge < -0.3 is 9.80 Å². The highest BCUT2D eigenvalue weighted by molar-refractivity contribution is 7.95. The molecule has 3 aliphatic rings. The number of piperazine rings is 1. The number of aromatic nitrogens is 4. The maximum atomic E-state index is 13.6. The molecule has 0 unspecified atom stereocenters. The van der Waals surface area contributed by atoms with E-state index in [4.69, 9.17) is 5.26 Å². The molecule has 2 saturated heterocycles. The molecule has 0 N–H and O–H groups in total. The Labute approximate surface area is 230 Å². The summed E-state index contributed by atoms with van der Waals surface area (Å²) in [5, 5.41) is 9.12. The van der Waals surface area contributed by atoms with E-state index in [0.29, 0.717) is 30.2 Å². The Morgan fingerprint density at radius 1 is 1.10 bits per heavy atom. The van der Waals surface area contributed by atoms with Crippen molar-refractivity contribution < 1.29 is 26.4 Å². The first-order valence-electron chi connectivity index (χ1n) is 12.8. The molecule has 3 atom stereocenters. The molecule has 40 heavy (non-hydrogen) atoms. The Morgan fingerprint density at radius 3 is 2.35 bits per heavy atom. The fraction of sp³-hybridized carbons (Fsp3) is 0.600. The molecular weight excluding hydrogens is 549 g/mol. The van der Waals surface area contributed by atoms with E-state index >= 15 is 0 Å². The van der Waals surface area contributed by atoms with Crippen molar-refractivity contribution in [1.29, 1.82) is 5.26 Å². The van der Waals surface area contributed by atoms with Gasteiger partial charge in [-0.1, -0.05) is 13.8 Å². The summed E-state index contributed by atoms with van der Waals surface area (Å²) in [7, 11) is -3.48. The zero-order valence-corrected chi connectivity index (χ0v) is 23.5. The Kier molecular flexibility index (Phi) is 6.29. The van der Waals surface area contributed by atoms with Crippen LogP contribution in [0, 0.1) is 11.3 Å². The van der Waals surface area contributed by atoms with Gasteiger partial charge in [0.05, 0.1) is 11.9 Å². The van der Waals surface area contributed by atoms with Gasteiger partial charge in [0.15, 0.2) is 15.5 Å². The molecule has 0 radical (unpaired) electrons. The Morgan fingerprint density at radius 2 is 1.77 bits per heavy atom. The average Bonchev–Trinajstić information content (AvgIpc) is 3.18. The molecule has 0 spiro atoms. The van der Waals surface area contributed by atoms with Gasteiger partial charge in [-0.3, -0.25) is 9.69 Å². The minimum atomic E-state index is -4.84. The van der Waals surface area contributed by atoms with Crippen LogP contribution in [-0.2, 0) is 26.2 Å². The second-order valence-electron chi connectivity index (χ2n) is 11.5. The number of nitrogens with zero attached hydrogens (tertiary/aromatic N) is 8. The number of rotatable bonds is 3. The number of carbonyl (C=O) groups excluding carboxylic acids is 1.